The summed E-state index contributed by atoms with van der Waals surface area (Å²) in [5.74, 6) is 1.27. The van der Waals surface area contributed by atoms with Crippen LogP contribution in [-0.2, 0) is 19.1 Å². The number of unbranched alkanes of at least 4 members (excludes halogenated alkanes) is 1. The molecular weight excluding hydrogens is 448 g/mol. The summed E-state index contributed by atoms with van der Waals surface area (Å²) in [5, 5.41) is 19.0. The van der Waals surface area contributed by atoms with Crippen molar-refractivity contribution in [2.75, 3.05) is 24.7 Å². The summed E-state index contributed by atoms with van der Waals surface area (Å²) < 4.78 is 10.4. The Labute approximate surface area is 197 Å². The number of aryl methyl sites for hydroxylation is 2. The molecular formula is C24H30O6S2. The Morgan fingerprint density at radius 1 is 0.750 bits per heavy atom. The van der Waals surface area contributed by atoms with Gasteiger partial charge >= 0.3 is 11.9 Å². The van der Waals surface area contributed by atoms with Crippen molar-refractivity contribution in [1.82, 2.24) is 0 Å². The molecule has 0 unspecified atom stereocenters. The Morgan fingerprint density at radius 3 is 1.53 bits per heavy atom. The van der Waals surface area contributed by atoms with E-state index in [1.165, 1.54) is 0 Å². The molecule has 0 atom stereocenters. The summed E-state index contributed by atoms with van der Waals surface area (Å²) in [6.07, 6.45) is 1.92. The lowest BCUT2D eigenvalue weighted by atomic mass is 10.2. The molecule has 8 heteroatoms. The fourth-order valence-electron chi connectivity index (χ4n) is 2.66. The highest BCUT2D eigenvalue weighted by Crippen LogP contribution is 2.26. The van der Waals surface area contributed by atoms with Crippen LogP contribution in [0.25, 0.3) is 0 Å². The zero-order valence-electron chi connectivity index (χ0n) is 18.5. The number of phenolic OH excluding ortho intramolecular Hbond substituents is 2. The Bertz CT molecular complexity index is 827. The molecule has 0 amide bonds. The van der Waals surface area contributed by atoms with Crippen molar-refractivity contribution in [3.8, 4) is 11.5 Å². The van der Waals surface area contributed by atoms with Crippen LogP contribution in [0.1, 0.15) is 36.8 Å². The molecule has 2 N–H and O–H groups in total. The Hall–Kier alpha value is -2.32. The lowest BCUT2D eigenvalue weighted by Gasteiger charge is -2.07. The SMILES string of the molecule is Cc1cc(SCCC(=O)OCCCCOC(=O)CCSc2ccc(O)c(C)c2)ccc1O. The minimum Gasteiger partial charge on any atom is -0.508 e. The van der Waals surface area contributed by atoms with Crippen molar-refractivity contribution in [2.24, 2.45) is 0 Å². The van der Waals surface area contributed by atoms with Crippen LogP contribution in [0.15, 0.2) is 46.2 Å². The van der Waals surface area contributed by atoms with E-state index in [9.17, 15) is 19.8 Å². The van der Waals surface area contributed by atoms with Crippen molar-refractivity contribution < 1.29 is 29.3 Å². The molecule has 0 aliphatic carbocycles. The van der Waals surface area contributed by atoms with E-state index >= 15 is 0 Å². The monoisotopic (exact) mass is 478 g/mol. The predicted octanol–water partition coefficient (Wildman–Crippen LogP) is 5.25. The molecule has 0 heterocycles. The summed E-state index contributed by atoms with van der Waals surface area (Å²) in [6.45, 7) is 4.30. The van der Waals surface area contributed by atoms with E-state index in [1.54, 1.807) is 35.7 Å². The van der Waals surface area contributed by atoms with Crippen LogP contribution in [-0.4, -0.2) is 46.9 Å². The highest BCUT2D eigenvalue weighted by Gasteiger charge is 2.07. The number of ether oxygens (including phenoxy) is 2. The quantitative estimate of drug-likeness (QED) is 0.229. The first kappa shape index (κ1) is 25.9. The van der Waals surface area contributed by atoms with Gasteiger partial charge in [0.2, 0.25) is 0 Å². The van der Waals surface area contributed by atoms with Gasteiger partial charge in [-0.1, -0.05) is 0 Å². The predicted molar refractivity (Wildman–Crippen MR) is 128 cm³/mol. The van der Waals surface area contributed by atoms with Crippen LogP contribution < -0.4 is 0 Å². The van der Waals surface area contributed by atoms with Gasteiger partial charge in [-0.15, -0.1) is 23.5 Å². The summed E-state index contributed by atoms with van der Waals surface area (Å²) in [5.41, 5.74) is 1.62. The van der Waals surface area contributed by atoms with Crippen molar-refractivity contribution in [3.63, 3.8) is 0 Å². The minimum atomic E-state index is -0.244. The molecule has 0 aromatic heterocycles. The van der Waals surface area contributed by atoms with Crippen LogP contribution in [0.5, 0.6) is 11.5 Å². The van der Waals surface area contributed by atoms with Crippen molar-refractivity contribution in [2.45, 2.75) is 49.3 Å². The lowest BCUT2D eigenvalue weighted by molar-refractivity contribution is -0.145. The zero-order chi connectivity index (χ0) is 23.3. The van der Waals surface area contributed by atoms with Crippen LogP contribution >= 0.6 is 23.5 Å². The molecule has 174 valence electrons. The van der Waals surface area contributed by atoms with E-state index in [0.29, 0.717) is 50.4 Å². The number of benzene rings is 2. The number of hydrogen-bond donors (Lipinski definition) is 2. The molecule has 2 aromatic carbocycles. The Kier molecular flexibility index (Phi) is 11.3. The largest absolute Gasteiger partial charge is 0.508 e. The number of esters is 2. The summed E-state index contributed by atoms with van der Waals surface area (Å²) in [6, 6.07) is 10.7. The molecule has 2 aromatic rings. The number of hydrogen-bond acceptors (Lipinski definition) is 8. The van der Waals surface area contributed by atoms with Crippen molar-refractivity contribution >= 4 is 35.5 Å². The van der Waals surface area contributed by atoms with Gasteiger partial charge in [0.1, 0.15) is 11.5 Å². The molecule has 0 aliphatic rings. The molecule has 0 spiro atoms. The fourth-order valence-corrected chi connectivity index (χ4v) is 4.52. The summed E-state index contributed by atoms with van der Waals surface area (Å²) in [7, 11) is 0. The summed E-state index contributed by atoms with van der Waals surface area (Å²) >= 11 is 3.09. The van der Waals surface area contributed by atoms with Gasteiger partial charge in [0.05, 0.1) is 26.1 Å². The maximum absolute atomic E-state index is 11.8. The fraction of sp³-hybridized carbons (Fsp3) is 0.417. The first-order chi connectivity index (χ1) is 15.3. The average molecular weight is 479 g/mol. The molecule has 0 saturated heterocycles. The number of carbonyl (C=O) groups is 2. The number of thioether (sulfide) groups is 2. The molecule has 0 fully saturated rings. The lowest BCUT2D eigenvalue weighted by Crippen LogP contribution is -2.09. The maximum Gasteiger partial charge on any atom is 0.306 e. The van der Waals surface area contributed by atoms with Crippen LogP contribution in [0.4, 0.5) is 0 Å². The first-order valence-electron chi connectivity index (χ1n) is 10.5. The Balaban J connectivity index is 1.46. The van der Waals surface area contributed by atoms with E-state index in [-0.39, 0.29) is 23.4 Å². The molecule has 6 nitrogen and oxygen atoms in total. The zero-order valence-corrected chi connectivity index (χ0v) is 20.1. The minimum absolute atomic E-state index is 0.244. The smallest absolute Gasteiger partial charge is 0.306 e. The molecule has 2 rings (SSSR count). The van der Waals surface area contributed by atoms with E-state index < -0.39 is 0 Å². The van der Waals surface area contributed by atoms with Gasteiger partial charge in [0, 0.05) is 21.3 Å². The second-order valence-electron chi connectivity index (χ2n) is 7.24. The van der Waals surface area contributed by atoms with Gasteiger partial charge in [-0.05, 0) is 74.2 Å². The highest BCUT2D eigenvalue weighted by molar-refractivity contribution is 7.99. The molecule has 0 saturated carbocycles. The van der Waals surface area contributed by atoms with E-state index in [1.807, 2.05) is 38.1 Å². The number of aromatic hydroxyl groups is 2. The van der Waals surface area contributed by atoms with Crippen LogP contribution in [0, 0.1) is 13.8 Å². The van der Waals surface area contributed by atoms with Crippen LogP contribution in [0.3, 0.4) is 0 Å². The number of rotatable bonds is 13. The third-order valence-electron chi connectivity index (χ3n) is 4.55. The second kappa shape index (κ2) is 14.0. The van der Waals surface area contributed by atoms with Gasteiger partial charge in [0.25, 0.3) is 0 Å². The van der Waals surface area contributed by atoms with Crippen molar-refractivity contribution in [3.05, 3.63) is 47.5 Å². The van der Waals surface area contributed by atoms with Gasteiger partial charge in [-0.2, -0.15) is 0 Å². The second-order valence-corrected chi connectivity index (χ2v) is 9.58. The van der Waals surface area contributed by atoms with E-state index in [2.05, 4.69) is 0 Å². The third kappa shape index (κ3) is 9.87. The van der Waals surface area contributed by atoms with E-state index in [0.717, 1.165) is 20.9 Å². The topological polar surface area (TPSA) is 93.1 Å². The van der Waals surface area contributed by atoms with Gasteiger partial charge < -0.3 is 19.7 Å². The average Bonchev–Trinajstić information content (AvgIpc) is 2.75. The molecule has 0 bridgehead atoms. The Morgan fingerprint density at radius 2 is 1.16 bits per heavy atom. The third-order valence-corrected chi connectivity index (χ3v) is 6.54. The van der Waals surface area contributed by atoms with Gasteiger partial charge in [0.15, 0.2) is 0 Å². The van der Waals surface area contributed by atoms with Gasteiger partial charge in [-0.3, -0.25) is 9.59 Å². The standard InChI is InChI=1S/C24H30O6S2/c1-17-15-19(5-7-21(17)25)31-13-9-23(27)29-11-3-4-12-30-24(28)10-14-32-20-6-8-22(26)18(2)16-20/h5-8,15-16,25-26H,3-4,9-14H2,1-2H3. The van der Waals surface area contributed by atoms with Gasteiger partial charge in [-0.25, -0.2) is 0 Å². The number of carbonyl (C=O) groups excluding carboxylic acids is 2. The first-order valence-corrected chi connectivity index (χ1v) is 12.5. The molecule has 0 radical (unpaired) electrons. The van der Waals surface area contributed by atoms with E-state index in [4.69, 9.17) is 9.47 Å². The molecule has 0 aliphatic heterocycles. The highest BCUT2D eigenvalue weighted by atomic mass is 32.2. The number of phenols is 2. The van der Waals surface area contributed by atoms with Crippen LogP contribution in [0.2, 0.25) is 0 Å². The molecule has 32 heavy (non-hydrogen) atoms. The van der Waals surface area contributed by atoms with Crippen molar-refractivity contribution in [1.29, 1.82) is 0 Å². The maximum atomic E-state index is 11.8. The normalized spacial score (nSPS) is 10.7. The summed E-state index contributed by atoms with van der Waals surface area (Å²) in [4.78, 5) is 25.6.